The first-order chi connectivity index (χ1) is 6.74. The van der Waals surface area contributed by atoms with Gasteiger partial charge in [0.25, 0.3) is 0 Å². The van der Waals surface area contributed by atoms with Crippen molar-refractivity contribution in [2.24, 2.45) is 0 Å². The third-order valence-electron chi connectivity index (χ3n) is 2.28. The molecule has 0 unspecified atom stereocenters. The van der Waals surface area contributed by atoms with Crippen molar-refractivity contribution in [2.75, 3.05) is 11.9 Å². The van der Waals surface area contributed by atoms with Gasteiger partial charge in [-0.2, -0.15) is 0 Å². The van der Waals surface area contributed by atoms with E-state index in [-0.39, 0.29) is 12.4 Å². The standard InChI is InChI=1S/C9H11BClNO2.ClH/c1-2-12-7-4-3-6-5-14-10(13)8(6)9(7)11;/h3-4,12-13H,2,5H2,1H3;1H. The van der Waals surface area contributed by atoms with Gasteiger partial charge in [-0.05, 0) is 18.6 Å². The maximum absolute atomic E-state index is 9.52. The number of fused-ring (bicyclic) bond motifs is 1. The van der Waals surface area contributed by atoms with Crippen LogP contribution in [0.5, 0.6) is 0 Å². The molecule has 15 heavy (non-hydrogen) atoms. The number of anilines is 1. The predicted molar refractivity (Wildman–Crippen MR) is 65.3 cm³/mol. The number of halogens is 2. The highest BCUT2D eigenvalue weighted by Gasteiger charge is 2.30. The van der Waals surface area contributed by atoms with E-state index in [1.807, 2.05) is 19.1 Å². The lowest BCUT2D eigenvalue weighted by atomic mass is 9.79. The molecule has 0 bridgehead atoms. The van der Waals surface area contributed by atoms with E-state index in [1.54, 1.807) is 0 Å². The van der Waals surface area contributed by atoms with E-state index in [1.165, 1.54) is 0 Å². The Morgan fingerprint density at radius 3 is 3.00 bits per heavy atom. The molecular weight excluding hydrogens is 236 g/mol. The van der Waals surface area contributed by atoms with Crippen LogP contribution in [-0.4, -0.2) is 18.7 Å². The molecular formula is C9H12BCl2NO2. The van der Waals surface area contributed by atoms with Crippen LogP contribution in [0.25, 0.3) is 0 Å². The van der Waals surface area contributed by atoms with Gasteiger partial charge in [0.05, 0.1) is 17.3 Å². The average molecular weight is 248 g/mol. The van der Waals surface area contributed by atoms with E-state index in [2.05, 4.69) is 5.32 Å². The molecule has 0 atom stereocenters. The Balaban J connectivity index is 0.00000112. The minimum Gasteiger partial charge on any atom is -0.423 e. The lowest BCUT2D eigenvalue weighted by Crippen LogP contribution is -2.29. The highest BCUT2D eigenvalue weighted by molar-refractivity contribution is 6.65. The van der Waals surface area contributed by atoms with Gasteiger partial charge in [0, 0.05) is 12.0 Å². The third-order valence-corrected chi connectivity index (χ3v) is 2.69. The molecule has 1 heterocycles. The van der Waals surface area contributed by atoms with Crippen molar-refractivity contribution in [3.63, 3.8) is 0 Å². The van der Waals surface area contributed by atoms with Gasteiger partial charge in [0.1, 0.15) is 0 Å². The van der Waals surface area contributed by atoms with Crippen LogP contribution in [-0.2, 0) is 11.3 Å². The molecule has 1 aromatic rings. The lowest BCUT2D eigenvalue weighted by molar-refractivity contribution is 0.275. The summed E-state index contributed by atoms with van der Waals surface area (Å²) in [7, 11) is -0.879. The molecule has 1 aliphatic rings. The van der Waals surface area contributed by atoms with E-state index in [0.29, 0.717) is 17.1 Å². The molecule has 0 fully saturated rings. The fourth-order valence-corrected chi connectivity index (χ4v) is 1.95. The highest BCUT2D eigenvalue weighted by Crippen LogP contribution is 2.24. The number of nitrogens with one attached hydrogen (secondary N) is 1. The molecule has 2 rings (SSSR count). The van der Waals surface area contributed by atoms with Crippen LogP contribution in [0.2, 0.25) is 5.02 Å². The zero-order valence-electron chi connectivity index (χ0n) is 8.29. The van der Waals surface area contributed by atoms with Crippen LogP contribution >= 0.6 is 24.0 Å². The Hall–Kier alpha value is -0.415. The third kappa shape index (κ3) is 2.23. The summed E-state index contributed by atoms with van der Waals surface area (Å²) in [6.45, 7) is 3.23. The van der Waals surface area contributed by atoms with E-state index in [0.717, 1.165) is 17.8 Å². The Morgan fingerprint density at radius 2 is 2.33 bits per heavy atom. The van der Waals surface area contributed by atoms with Gasteiger partial charge in [0.15, 0.2) is 0 Å². The summed E-state index contributed by atoms with van der Waals surface area (Å²) in [6, 6.07) is 3.83. The van der Waals surface area contributed by atoms with E-state index in [4.69, 9.17) is 16.3 Å². The fourth-order valence-electron chi connectivity index (χ4n) is 1.60. The summed E-state index contributed by atoms with van der Waals surface area (Å²) >= 11 is 6.13. The van der Waals surface area contributed by atoms with Crippen LogP contribution in [0.3, 0.4) is 0 Å². The van der Waals surface area contributed by atoms with Crippen molar-refractivity contribution in [3.8, 4) is 0 Å². The Morgan fingerprint density at radius 1 is 1.60 bits per heavy atom. The fraction of sp³-hybridized carbons (Fsp3) is 0.333. The summed E-state index contributed by atoms with van der Waals surface area (Å²) in [5.41, 5.74) is 2.51. The first kappa shape index (κ1) is 12.7. The maximum Gasteiger partial charge on any atom is 0.493 e. The van der Waals surface area contributed by atoms with Crippen molar-refractivity contribution in [3.05, 3.63) is 22.7 Å². The molecule has 0 saturated carbocycles. The number of rotatable bonds is 2. The van der Waals surface area contributed by atoms with Crippen molar-refractivity contribution >= 4 is 42.3 Å². The highest BCUT2D eigenvalue weighted by atomic mass is 35.5. The van der Waals surface area contributed by atoms with E-state index in [9.17, 15) is 5.02 Å². The smallest absolute Gasteiger partial charge is 0.423 e. The molecule has 0 amide bonds. The molecule has 1 aliphatic heterocycles. The van der Waals surface area contributed by atoms with Crippen LogP contribution in [0.1, 0.15) is 12.5 Å². The molecule has 0 aromatic heterocycles. The molecule has 3 nitrogen and oxygen atoms in total. The molecule has 0 spiro atoms. The van der Waals surface area contributed by atoms with E-state index < -0.39 is 7.12 Å². The molecule has 6 heteroatoms. The second-order valence-electron chi connectivity index (χ2n) is 3.19. The number of hydrogen-bond acceptors (Lipinski definition) is 3. The van der Waals surface area contributed by atoms with Gasteiger partial charge in [-0.1, -0.05) is 17.7 Å². The summed E-state index contributed by atoms with van der Waals surface area (Å²) in [5, 5.41) is 13.2. The maximum atomic E-state index is 9.52. The van der Waals surface area contributed by atoms with Gasteiger partial charge in [-0.25, -0.2) is 0 Å². The Kier molecular flexibility index (Phi) is 4.28. The molecule has 0 aliphatic carbocycles. The summed E-state index contributed by atoms with van der Waals surface area (Å²) in [5.74, 6) is 0. The van der Waals surface area contributed by atoms with Crippen molar-refractivity contribution in [2.45, 2.75) is 13.5 Å². The van der Waals surface area contributed by atoms with Gasteiger partial charge < -0.3 is 15.0 Å². The number of hydrogen-bond donors (Lipinski definition) is 2. The van der Waals surface area contributed by atoms with Gasteiger partial charge in [-0.3, -0.25) is 0 Å². The zero-order valence-corrected chi connectivity index (χ0v) is 9.86. The summed E-state index contributed by atoms with van der Waals surface area (Å²) in [4.78, 5) is 0. The normalized spacial score (nSPS) is 13.4. The van der Waals surface area contributed by atoms with Crippen LogP contribution in [0.15, 0.2) is 12.1 Å². The lowest BCUT2D eigenvalue weighted by Gasteiger charge is -2.09. The van der Waals surface area contributed by atoms with Crippen LogP contribution < -0.4 is 10.8 Å². The molecule has 2 N–H and O–H groups in total. The second kappa shape index (κ2) is 5.08. The molecule has 82 valence electrons. The molecule has 0 radical (unpaired) electrons. The van der Waals surface area contributed by atoms with Gasteiger partial charge in [-0.15, -0.1) is 12.4 Å². The summed E-state index contributed by atoms with van der Waals surface area (Å²) in [6.07, 6.45) is 0. The minimum atomic E-state index is -0.879. The summed E-state index contributed by atoms with van der Waals surface area (Å²) < 4.78 is 5.08. The largest absolute Gasteiger partial charge is 0.493 e. The topological polar surface area (TPSA) is 41.5 Å². The Labute approximate surface area is 100 Å². The van der Waals surface area contributed by atoms with Gasteiger partial charge in [0.2, 0.25) is 0 Å². The van der Waals surface area contributed by atoms with Crippen LogP contribution in [0.4, 0.5) is 5.69 Å². The van der Waals surface area contributed by atoms with Crippen molar-refractivity contribution in [1.82, 2.24) is 0 Å². The Bertz CT molecular complexity index is 362. The van der Waals surface area contributed by atoms with Crippen molar-refractivity contribution < 1.29 is 9.68 Å². The first-order valence-corrected chi connectivity index (χ1v) is 4.96. The monoisotopic (exact) mass is 247 g/mol. The SMILES string of the molecule is CCNc1ccc2c(c1Cl)B(O)OC2.Cl. The average Bonchev–Trinajstić information content (AvgIpc) is 2.54. The minimum absolute atomic E-state index is 0. The molecule has 0 saturated heterocycles. The zero-order chi connectivity index (χ0) is 10.1. The van der Waals surface area contributed by atoms with Gasteiger partial charge >= 0.3 is 7.12 Å². The first-order valence-electron chi connectivity index (χ1n) is 4.59. The van der Waals surface area contributed by atoms with Crippen molar-refractivity contribution in [1.29, 1.82) is 0 Å². The number of benzene rings is 1. The molecule has 1 aromatic carbocycles. The predicted octanol–water partition coefficient (Wildman–Crippen LogP) is 1.41. The quantitative estimate of drug-likeness (QED) is 0.777. The second-order valence-corrected chi connectivity index (χ2v) is 3.57. The van der Waals surface area contributed by atoms with E-state index >= 15 is 0 Å². The van der Waals surface area contributed by atoms with Crippen LogP contribution in [0, 0.1) is 0 Å².